The van der Waals surface area contributed by atoms with E-state index in [0.29, 0.717) is 6.04 Å². The second-order valence-corrected chi connectivity index (χ2v) is 7.36. The summed E-state index contributed by atoms with van der Waals surface area (Å²) in [5.74, 6) is 0. The van der Waals surface area contributed by atoms with E-state index in [9.17, 15) is 4.79 Å². The van der Waals surface area contributed by atoms with Crippen molar-refractivity contribution in [3.05, 3.63) is 0 Å². The predicted octanol–water partition coefficient (Wildman–Crippen LogP) is 2.12. The number of hydrogen-bond donors (Lipinski definition) is 2. The van der Waals surface area contributed by atoms with Crippen LogP contribution in [0.25, 0.3) is 0 Å². The van der Waals surface area contributed by atoms with Gasteiger partial charge in [-0.25, -0.2) is 4.79 Å². The number of alkyl carbamates (subject to hydrolysis) is 1. The van der Waals surface area contributed by atoms with Crippen LogP contribution in [0.1, 0.15) is 52.9 Å². The smallest absolute Gasteiger partial charge is 0.407 e. The van der Waals surface area contributed by atoms with E-state index in [2.05, 4.69) is 15.5 Å². The Morgan fingerprint density at radius 3 is 2.52 bits per heavy atom. The Kier molecular flexibility index (Phi) is 5.88. The summed E-state index contributed by atoms with van der Waals surface area (Å²) in [4.78, 5) is 14.3. The van der Waals surface area contributed by atoms with Crippen LogP contribution in [0.2, 0.25) is 0 Å². The normalized spacial score (nSPS) is 27.0. The molecule has 2 N–H and O–H groups in total. The Morgan fingerprint density at radius 2 is 1.86 bits per heavy atom. The van der Waals surface area contributed by atoms with Crippen LogP contribution in [0.4, 0.5) is 4.79 Å². The van der Waals surface area contributed by atoms with Crippen LogP contribution in [0.5, 0.6) is 0 Å². The van der Waals surface area contributed by atoms with Crippen molar-refractivity contribution in [2.45, 2.75) is 70.6 Å². The Morgan fingerprint density at radius 1 is 1.19 bits per heavy atom. The quantitative estimate of drug-likeness (QED) is 0.816. The molecule has 1 heterocycles. The lowest BCUT2D eigenvalue weighted by Gasteiger charge is -2.22. The highest BCUT2D eigenvalue weighted by Gasteiger charge is 2.27. The monoisotopic (exact) mass is 297 g/mol. The molecule has 21 heavy (non-hydrogen) atoms. The molecule has 2 unspecified atom stereocenters. The van der Waals surface area contributed by atoms with Crippen LogP contribution in [-0.2, 0) is 4.74 Å². The molecule has 1 saturated carbocycles. The highest BCUT2D eigenvalue weighted by molar-refractivity contribution is 5.68. The van der Waals surface area contributed by atoms with Gasteiger partial charge in [0, 0.05) is 25.2 Å². The van der Waals surface area contributed by atoms with E-state index in [0.717, 1.165) is 32.4 Å². The largest absolute Gasteiger partial charge is 0.444 e. The van der Waals surface area contributed by atoms with E-state index in [1.807, 2.05) is 20.8 Å². The summed E-state index contributed by atoms with van der Waals surface area (Å²) in [6.45, 7) is 10.4. The van der Waals surface area contributed by atoms with E-state index < -0.39 is 5.60 Å². The van der Waals surface area contributed by atoms with Crippen LogP contribution >= 0.6 is 0 Å². The summed E-state index contributed by atoms with van der Waals surface area (Å²) < 4.78 is 5.31. The molecule has 0 aromatic carbocycles. The van der Waals surface area contributed by atoms with Crippen molar-refractivity contribution in [2.24, 2.45) is 0 Å². The van der Waals surface area contributed by atoms with E-state index in [1.54, 1.807) is 0 Å². The molecule has 5 heteroatoms. The number of nitrogens with one attached hydrogen (secondary N) is 2. The van der Waals surface area contributed by atoms with E-state index >= 15 is 0 Å². The highest BCUT2D eigenvalue weighted by atomic mass is 16.6. The molecule has 1 aliphatic heterocycles. The molecule has 0 aromatic heterocycles. The van der Waals surface area contributed by atoms with Crippen LogP contribution in [0, 0.1) is 0 Å². The molecule has 0 aromatic rings. The van der Waals surface area contributed by atoms with Gasteiger partial charge in [0.15, 0.2) is 0 Å². The number of carbonyl (C=O) groups is 1. The molecule has 1 saturated heterocycles. The highest BCUT2D eigenvalue weighted by Crippen LogP contribution is 2.20. The first-order chi connectivity index (χ1) is 9.92. The zero-order valence-electron chi connectivity index (χ0n) is 13.8. The first-order valence-corrected chi connectivity index (χ1v) is 8.37. The molecule has 1 amide bonds. The average molecular weight is 297 g/mol. The molecule has 0 spiro atoms. The molecular formula is C16H31N3O2. The van der Waals surface area contributed by atoms with Gasteiger partial charge >= 0.3 is 6.09 Å². The van der Waals surface area contributed by atoms with Crippen molar-refractivity contribution in [1.29, 1.82) is 0 Å². The van der Waals surface area contributed by atoms with Crippen LogP contribution in [0.3, 0.4) is 0 Å². The second kappa shape index (κ2) is 7.45. The number of hydrogen-bond acceptors (Lipinski definition) is 4. The fourth-order valence-corrected chi connectivity index (χ4v) is 3.21. The molecule has 122 valence electrons. The van der Waals surface area contributed by atoms with Crippen molar-refractivity contribution in [1.82, 2.24) is 15.5 Å². The minimum Gasteiger partial charge on any atom is -0.444 e. The minimum atomic E-state index is -0.421. The zero-order chi connectivity index (χ0) is 15.3. The number of ether oxygens (including phenoxy) is 1. The first-order valence-electron chi connectivity index (χ1n) is 8.37. The number of amides is 1. The summed E-state index contributed by atoms with van der Waals surface area (Å²) in [5, 5.41) is 6.61. The van der Waals surface area contributed by atoms with Gasteiger partial charge in [-0.3, -0.25) is 0 Å². The average Bonchev–Trinajstić information content (AvgIpc) is 2.98. The number of likely N-dealkylation sites (tertiary alicyclic amines) is 1. The lowest BCUT2D eigenvalue weighted by molar-refractivity contribution is 0.0505. The summed E-state index contributed by atoms with van der Waals surface area (Å²) in [6.07, 6.45) is 5.61. The van der Waals surface area contributed by atoms with Gasteiger partial charge in [0.05, 0.1) is 0 Å². The fraction of sp³-hybridized carbons (Fsp3) is 0.938. The van der Waals surface area contributed by atoms with Crippen molar-refractivity contribution in [3.63, 3.8) is 0 Å². The molecule has 2 aliphatic rings. The lowest BCUT2D eigenvalue weighted by Crippen LogP contribution is -2.39. The Balaban J connectivity index is 1.58. The van der Waals surface area contributed by atoms with Crippen LogP contribution < -0.4 is 10.6 Å². The standard InChI is InChI=1S/C16H31N3O2/c1-16(2,3)21-15(20)18-14-7-6-13(12-14)17-8-11-19-9-4-5-10-19/h13-14,17H,4-12H2,1-3H3,(H,18,20). The number of carbonyl (C=O) groups excluding carboxylic acids is 1. The first kappa shape index (κ1) is 16.6. The Labute approximate surface area is 128 Å². The summed E-state index contributed by atoms with van der Waals surface area (Å²) in [7, 11) is 0. The second-order valence-electron chi connectivity index (χ2n) is 7.36. The zero-order valence-corrected chi connectivity index (χ0v) is 13.8. The third-order valence-corrected chi connectivity index (χ3v) is 4.21. The van der Waals surface area contributed by atoms with E-state index in [-0.39, 0.29) is 12.1 Å². The van der Waals surface area contributed by atoms with Crippen molar-refractivity contribution >= 4 is 6.09 Å². The van der Waals surface area contributed by atoms with Crippen molar-refractivity contribution in [3.8, 4) is 0 Å². The molecule has 5 nitrogen and oxygen atoms in total. The van der Waals surface area contributed by atoms with Gasteiger partial charge in [-0.2, -0.15) is 0 Å². The molecular weight excluding hydrogens is 266 g/mol. The van der Waals surface area contributed by atoms with E-state index in [1.165, 1.54) is 25.9 Å². The van der Waals surface area contributed by atoms with Crippen molar-refractivity contribution in [2.75, 3.05) is 26.2 Å². The molecule has 0 radical (unpaired) electrons. The van der Waals surface area contributed by atoms with Crippen molar-refractivity contribution < 1.29 is 9.53 Å². The Bertz CT molecular complexity index is 335. The number of nitrogens with zero attached hydrogens (tertiary/aromatic N) is 1. The van der Waals surface area contributed by atoms with Gasteiger partial charge in [0.1, 0.15) is 5.60 Å². The van der Waals surface area contributed by atoms with Crippen LogP contribution in [0.15, 0.2) is 0 Å². The topological polar surface area (TPSA) is 53.6 Å². The summed E-state index contributed by atoms with van der Waals surface area (Å²) in [5.41, 5.74) is -0.421. The molecule has 0 bridgehead atoms. The SMILES string of the molecule is CC(C)(C)OC(=O)NC1CCC(NCCN2CCCC2)C1. The lowest BCUT2D eigenvalue weighted by atomic mass is 10.2. The maximum Gasteiger partial charge on any atom is 0.407 e. The molecule has 2 rings (SSSR count). The predicted molar refractivity (Wildman–Crippen MR) is 84.5 cm³/mol. The maximum absolute atomic E-state index is 11.7. The summed E-state index contributed by atoms with van der Waals surface area (Å²) >= 11 is 0. The van der Waals surface area contributed by atoms with Gasteiger partial charge in [0.2, 0.25) is 0 Å². The number of rotatable bonds is 5. The Hall–Kier alpha value is -0.810. The summed E-state index contributed by atoms with van der Waals surface area (Å²) in [6, 6.07) is 0.789. The minimum absolute atomic E-state index is 0.254. The van der Waals surface area contributed by atoms with Gasteiger partial charge in [0.25, 0.3) is 0 Å². The van der Waals surface area contributed by atoms with Gasteiger partial charge < -0.3 is 20.3 Å². The van der Waals surface area contributed by atoms with E-state index in [4.69, 9.17) is 4.74 Å². The third kappa shape index (κ3) is 6.22. The molecule has 1 aliphatic carbocycles. The fourth-order valence-electron chi connectivity index (χ4n) is 3.21. The van der Waals surface area contributed by atoms with Gasteiger partial charge in [-0.15, -0.1) is 0 Å². The van der Waals surface area contributed by atoms with Gasteiger partial charge in [-0.05, 0) is 66.0 Å². The third-order valence-electron chi connectivity index (χ3n) is 4.21. The molecule has 2 fully saturated rings. The van der Waals surface area contributed by atoms with Crippen LogP contribution in [-0.4, -0.2) is 54.9 Å². The molecule has 2 atom stereocenters. The maximum atomic E-state index is 11.7. The van der Waals surface area contributed by atoms with Gasteiger partial charge in [-0.1, -0.05) is 0 Å².